The molecule has 5 N–H and O–H groups in total. The van der Waals surface area contributed by atoms with Crippen LogP contribution in [0.4, 0.5) is 10.5 Å². The third-order valence-electron chi connectivity index (χ3n) is 2.75. The SMILES string of the molecule is C[N+](C(=O)O)(c1ccccc1)C(P(=O)(O)O)P(=O)(O)O. The van der Waals surface area contributed by atoms with Crippen LogP contribution in [-0.4, -0.2) is 43.3 Å². The Balaban J connectivity index is 3.65. The average molecular weight is 326 g/mol. The third kappa shape index (κ3) is 3.16. The van der Waals surface area contributed by atoms with E-state index in [2.05, 4.69) is 0 Å². The Bertz CT molecular complexity index is 571. The van der Waals surface area contributed by atoms with Crippen LogP contribution in [0.5, 0.6) is 0 Å². The topological polar surface area (TPSA) is 152 Å². The number of rotatable bonds is 4. The monoisotopic (exact) mass is 326 g/mol. The summed E-state index contributed by atoms with van der Waals surface area (Å²) in [6.07, 6.45) is -1.80. The van der Waals surface area contributed by atoms with Crippen LogP contribution in [0.15, 0.2) is 30.3 Å². The second kappa shape index (κ2) is 5.38. The zero-order chi connectivity index (χ0) is 15.8. The Morgan fingerprint density at radius 2 is 1.45 bits per heavy atom. The molecule has 1 unspecified atom stereocenters. The number of amides is 1. The molecule has 0 aliphatic heterocycles. The molecular weight excluding hydrogens is 312 g/mol. The fourth-order valence-corrected chi connectivity index (χ4v) is 5.11. The van der Waals surface area contributed by atoms with Crippen LogP contribution >= 0.6 is 15.2 Å². The first-order chi connectivity index (χ1) is 8.91. The number of benzene rings is 1. The maximum Gasteiger partial charge on any atom is 0.519 e. The lowest BCUT2D eigenvalue weighted by Crippen LogP contribution is -2.56. The lowest BCUT2D eigenvalue weighted by atomic mass is 10.3. The number of nitrogens with zero attached hydrogens (tertiary/aromatic N) is 1. The Hall–Kier alpha value is -1.05. The lowest BCUT2D eigenvalue weighted by molar-refractivity contribution is 0.150. The summed E-state index contributed by atoms with van der Waals surface area (Å²) in [6, 6.07) is 6.74. The molecule has 0 aliphatic carbocycles. The summed E-state index contributed by atoms with van der Waals surface area (Å²) < 4.78 is 21.2. The van der Waals surface area contributed by atoms with Gasteiger partial charge in [-0.1, -0.05) is 18.2 Å². The van der Waals surface area contributed by atoms with E-state index in [1.165, 1.54) is 30.3 Å². The molecule has 1 amide bonds. The molecule has 0 saturated carbocycles. The van der Waals surface area contributed by atoms with Crippen molar-refractivity contribution in [3.8, 4) is 0 Å². The van der Waals surface area contributed by atoms with Crippen molar-refractivity contribution in [2.45, 2.75) is 5.52 Å². The van der Waals surface area contributed by atoms with Crippen LogP contribution in [0.1, 0.15) is 0 Å². The zero-order valence-corrected chi connectivity index (χ0v) is 12.1. The van der Waals surface area contributed by atoms with Gasteiger partial charge in [-0.25, -0.2) is 0 Å². The van der Waals surface area contributed by atoms with Gasteiger partial charge in [0.05, 0.1) is 7.05 Å². The first-order valence-corrected chi connectivity index (χ1v) is 8.54. The third-order valence-corrected chi connectivity index (χ3v) is 6.69. The predicted molar refractivity (Wildman–Crippen MR) is 70.1 cm³/mol. The van der Waals surface area contributed by atoms with Crippen molar-refractivity contribution < 1.29 is 38.6 Å². The van der Waals surface area contributed by atoms with Crippen molar-refractivity contribution in [1.29, 1.82) is 0 Å². The first kappa shape index (κ1) is 17.0. The summed E-state index contributed by atoms with van der Waals surface area (Å²) in [6.45, 7) is 0. The fourth-order valence-electron chi connectivity index (χ4n) is 1.88. The highest BCUT2D eigenvalue weighted by Crippen LogP contribution is 2.63. The summed E-state index contributed by atoms with van der Waals surface area (Å²) in [5.74, 6) is 0. The Morgan fingerprint density at radius 3 is 1.75 bits per heavy atom. The van der Waals surface area contributed by atoms with Crippen LogP contribution < -0.4 is 4.48 Å². The molecule has 0 saturated heterocycles. The van der Waals surface area contributed by atoms with Crippen molar-refractivity contribution in [2.75, 3.05) is 7.05 Å². The maximum absolute atomic E-state index is 11.4. The number of carboxylic acid groups (broad SMARTS) is 1. The molecule has 0 radical (unpaired) electrons. The minimum atomic E-state index is -5.41. The standard InChI is InChI=1S/C9H13NO8P2/c1-10(8(11)12,7-5-3-2-4-6-7)9(19(13,14)15)20(16,17)18/h2-6,9H,1H3,(H4-,11,12,13,14,15,16,17,18)/p+1. The van der Waals surface area contributed by atoms with Crippen LogP contribution in [-0.2, 0) is 9.13 Å². The maximum atomic E-state index is 11.4. The second-order valence-corrected chi connectivity index (χ2v) is 7.96. The van der Waals surface area contributed by atoms with Gasteiger partial charge < -0.3 is 24.7 Å². The van der Waals surface area contributed by atoms with Crippen LogP contribution in [0.25, 0.3) is 0 Å². The summed E-state index contributed by atoms with van der Waals surface area (Å²) in [5, 5.41) is 9.27. The molecule has 0 fully saturated rings. The molecule has 1 rings (SSSR count). The van der Waals surface area contributed by atoms with E-state index in [4.69, 9.17) is 0 Å². The molecule has 1 aromatic rings. The largest absolute Gasteiger partial charge is 0.519 e. The highest BCUT2D eigenvalue weighted by molar-refractivity contribution is 7.71. The van der Waals surface area contributed by atoms with Gasteiger partial charge in [0.2, 0.25) is 0 Å². The summed E-state index contributed by atoms with van der Waals surface area (Å²) in [4.78, 5) is 48.2. The van der Waals surface area contributed by atoms with E-state index in [-0.39, 0.29) is 5.69 Å². The molecule has 11 heteroatoms. The van der Waals surface area contributed by atoms with Gasteiger partial charge in [0.25, 0.3) is 0 Å². The van der Waals surface area contributed by atoms with E-state index in [9.17, 15) is 38.6 Å². The van der Waals surface area contributed by atoms with Gasteiger partial charge in [-0.05, 0) is 12.1 Å². The Kier molecular flexibility index (Phi) is 4.58. The fraction of sp³-hybridized carbons (Fsp3) is 0.222. The van der Waals surface area contributed by atoms with Crippen molar-refractivity contribution >= 4 is 27.0 Å². The van der Waals surface area contributed by atoms with E-state index < -0.39 is 31.3 Å². The molecule has 1 aromatic carbocycles. The van der Waals surface area contributed by atoms with Gasteiger partial charge in [-0.2, -0.15) is 9.28 Å². The van der Waals surface area contributed by atoms with Crippen LogP contribution in [0.3, 0.4) is 0 Å². The number of quaternary nitrogens is 1. The molecule has 20 heavy (non-hydrogen) atoms. The van der Waals surface area contributed by atoms with Gasteiger partial charge in [0.15, 0.2) is 0 Å². The highest BCUT2D eigenvalue weighted by Gasteiger charge is 2.62. The van der Waals surface area contributed by atoms with Gasteiger partial charge >= 0.3 is 26.8 Å². The van der Waals surface area contributed by atoms with Gasteiger partial charge in [-0.3, -0.25) is 9.13 Å². The summed E-state index contributed by atoms with van der Waals surface area (Å²) in [7, 11) is -10.0. The van der Waals surface area contributed by atoms with E-state index >= 15 is 0 Å². The van der Waals surface area contributed by atoms with Crippen molar-refractivity contribution in [3.63, 3.8) is 0 Å². The van der Waals surface area contributed by atoms with E-state index in [0.29, 0.717) is 0 Å². The van der Waals surface area contributed by atoms with E-state index in [1.807, 2.05) is 0 Å². The molecule has 0 bridgehead atoms. The van der Waals surface area contributed by atoms with Crippen LogP contribution in [0.2, 0.25) is 0 Å². The van der Waals surface area contributed by atoms with Gasteiger partial charge in [-0.15, -0.1) is 0 Å². The molecule has 0 aromatic heterocycles. The summed E-state index contributed by atoms with van der Waals surface area (Å²) >= 11 is 0. The van der Waals surface area contributed by atoms with Crippen molar-refractivity contribution in [1.82, 2.24) is 4.48 Å². The number of hydrogen-bond acceptors (Lipinski definition) is 3. The van der Waals surface area contributed by atoms with Gasteiger partial charge in [0, 0.05) is 0 Å². The van der Waals surface area contributed by atoms with Crippen LogP contribution in [0, 0.1) is 0 Å². The Morgan fingerprint density at radius 1 is 1.05 bits per heavy atom. The number of carbonyl (C=O) groups is 1. The van der Waals surface area contributed by atoms with Crippen molar-refractivity contribution in [3.05, 3.63) is 30.3 Å². The smallest absolute Gasteiger partial charge is 0.435 e. The van der Waals surface area contributed by atoms with E-state index in [1.54, 1.807) is 0 Å². The number of hydrogen-bond donors (Lipinski definition) is 5. The minimum Gasteiger partial charge on any atom is -0.435 e. The normalized spacial score (nSPS) is 15.9. The molecular formula is C9H14NO8P2+. The quantitative estimate of drug-likeness (QED) is 0.405. The highest BCUT2D eigenvalue weighted by atomic mass is 31.2. The van der Waals surface area contributed by atoms with Crippen molar-refractivity contribution in [2.24, 2.45) is 0 Å². The van der Waals surface area contributed by atoms with Gasteiger partial charge in [0.1, 0.15) is 5.69 Å². The second-order valence-electron chi connectivity index (χ2n) is 4.22. The summed E-state index contributed by atoms with van der Waals surface area (Å²) in [5.41, 5.74) is -2.90. The molecule has 9 nitrogen and oxygen atoms in total. The first-order valence-electron chi connectivity index (χ1n) is 5.17. The minimum absolute atomic E-state index is 0.170. The molecule has 0 aliphatic rings. The Labute approximate surface area is 114 Å². The van der Waals surface area contributed by atoms with E-state index in [0.717, 1.165) is 7.05 Å². The predicted octanol–water partition coefficient (Wildman–Crippen LogP) is 0.941. The molecule has 0 heterocycles. The molecule has 1 atom stereocenters. The lowest BCUT2D eigenvalue weighted by Gasteiger charge is -2.35. The molecule has 112 valence electrons. The number of para-hydroxylation sites is 1. The zero-order valence-electron chi connectivity index (χ0n) is 10.3. The average Bonchev–Trinajstić information content (AvgIpc) is 2.25. The molecule has 0 spiro atoms.